The Morgan fingerprint density at radius 3 is 0.931 bits per heavy atom. The molecule has 0 bridgehead atoms. The van der Waals surface area contributed by atoms with Crippen LogP contribution >= 0.6 is 11.3 Å². The van der Waals surface area contributed by atoms with Gasteiger partial charge in [0.25, 0.3) is 0 Å². The standard InChI is InChI=1S/C59H35N5O.C59H35N5S/c1-3-13-38-31-42(23-21-36(38)11-1)57-60-58(43-24-22-37-12-2-4-14-39(37)32-43)62-59(61-57)64-52-19-9-6-16-46(52)49-34-41(26-29-54(49)64)40-25-28-53-48(33-40)45-15-5-8-18-51(45)63(53)44-27-30-56-50(35-44)47-17-7-10-20-55(47)65-56;1-3-14-38-32-42(26-24-36(38)12-1)57-60-58(43-27-25-37-13-2-4-15-39(37)33-43)62-59(61-57)64-51-21-9-6-17-45(51)49-35-41(29-31-53(49)64)40-28-30-52-48(34-40)44-16-5-8-20-50(44)63(52)54-22-11-19-47-46-18-7-10-23-55(46)65-56(47)54/h2*1-35H. The van der Waals surface area contributed by atoms with Crippen LogP contribution in [0.2, 0.25) is 0 Å². The van der Waals surface area contributed by atoms with E-state index in [-0.39, 0.29) is 0 Å². The molecule has 604 valence electrons. The maximum absolute atomic E-state index is 6.20. The lowest BCUT2D eigenvalue weighted by molar-refractivity contribution is 0.669. The van der Waals surface area contributed by atoms with Crippen molar-refractivity contribution in [2.24, 2.45) is 0 Å². The predicted molar refractivity (Wildman–Crippen MR) is 540 cm³/mol. The van der Waals surface area contributed by atoms with Crippen LogP contribution in [-0.4, -0.2) is 48.2 Å². The number of thiophene rings is 1. The van der Waals surface area contributed by atoms with E-state index in [1.54, 1.807) is 0 Å². The summed E-state index contributed by atoms with van der Waals surface area (Å²) < 4.78 is 18.0. The maximum Gasteiger partial charge on any atom is 0.238 e. The van der Waals surface area contributed by atoms with Gasteiger partial charge < -0.3 is 13.6 Å². The molecule has 0 atom stereocenters. The lowest BCUT2D eigenvalue weighted by Gasteiger charge is -2.12. The van der Waals surface area contributed by atoms with Crippen LogP contribution in [-0.2, 0) is 0 Å². The number of rotatable bonds is 10. The van der Waals surface area contributed by atoms with Crippen molar-refractivity contribution >= 4 is 184 Å². The lowest BCUT2D eigenvalue weighted by atomic mass is 10.0. The molecule has 8 aromatic heterocycles. The van der Waals surface area contributed by atoms with E-state index in [2.05, 4.69) is 431 Å². The van der Waals surface area contributed by atoms with E-state index in [1.807, 2.05) is 23.5 Å². The van der Waals surface area contributed by atoms with Gasteiger partial charge in [-0.15, -0.1) is 11.3 Å². The normalized spacial score (nSPS) is 12.0. The molecule has 12 heteroatoms. The monoisotopic (exact) mass is 1670 g/mol. The maximum atomic E-state index is 6.20. The number of hydrogen-bond acceptors (Lipinski definition) is 8. The summed E-state index contributed by atoms with van der Waals surface area (Å²) in [5, 5.41) is 23.5. The van der Waals surface area contributed by atoms with Crippen molar-refractivity contribution in [3.05, 3.63) is 425 Å². The van der Waals surface area contributed by atoms with Gasteiger partial charge >= 0.3 is 0 Å². The molecular weight excluding hydrogens is 1610 g/mol. The molecule has 0 saturated carbocycles. The van der Waals surface area contributed by atoms with Gasteiger partial charge in [0.05, 0.1) is 54.5 Å². The molecule has 28 aromatic rings. The molecule has 8 heterocycles. The molecule has 0 amide bonds. The number of furan rings is 1. The molecule has 0 N–H and O–H groups in total. The zero-order valence-corrected chi connectivity index (χ0v) is 70.5. The van der Waals surface area contributed by atoms with Gasteiger partial charge in [0.2, 0.25) is 11.9 Å². The Hall–Kier alpha value is -17.3. The van der Waals surface area contributed by atoms with Gasteiger partial charge in [-0.3, -0.25) is 9.13 Å². The summed E-state index contributed by atoms with van der Waals surface area (Å²) in [6.07, 6.45) is 0. The van der Waals surface area contributed by atoms with Crippen molar-refractivity contribution < 1.29 is 4.42 Å². The molecule has 0 saturated heterocycles. The molecule has 0 spiro atoms. The van der Waals surface area contributed by atoms with Crippen molar-refractivity contribution in [2.75, 3.05) is 0 Å². The van der Waals surface area contributed by atoms with Gasteiger partial charge in [-0.2, -0.15) is 19.9 Å². The minimum absolute atomic E-state index is 0.570. The first-order valence-electron chi connectivity index (χ1n) is 43.8. The smallest absolute Gasteiger partial charge is 0.238 e. The Morgan fingerprint density at radius 2 is 0.500 bits per heavy atom. The fourth-order valence-electron chi connectivity index (χ4n) is 20.1. The summed E-state index contributed by atoms with van der Waals surface area (Å²) >= 11 is 1.87. The lowest BCUT2D eigenvalue weighted by Crippen LogP contribution is -2.06. The fourth-order valence-corrected chi connectivity index (χ4v) is 21.3. The second kappa shape index (κ2) is 29.1. The molecule has 11 nitrogen and oxygen atoms in total. The van der Waals surface area contributed by atoms with E-state index in [0.717, 1.165) is 148 Å². The quantitative estimate of drug-likeness (QED) is 0.134. The second-order valence-electron chi connectivity index (χ2n) is 33.7. The fraction of sp³-hybridized carbons (Fsp3) is 0. The van der Waals surface area contributed by atoms with Gasteiger partial charge in [-0.25, -0.2) is 9.97 Å². The first-order valence-corrected chi connectivity index (χ1v) is 44.7. The Bertz CT molecular complexity index is 9430. The van der Waals surface area contributed by atoms with Crippen molar-refractivity contribution in [2.45, 2.75) is 0 Å². The highest BCUT2D eigenvalue weighted by Gasteiger charge is 2.25. The number of fused-ring (bicyclic) bond motifs is 22. The van der Waals surface area contributed by atoms with E-state index in [4.69, 9.17) is 34.3 Å². The molecule has 20 aromatic carbocycles. The highest BCUT2D eigenvalue weighted by atomic mass is 32.1. The topological polar surface area (TPSA) is 110 Å². The van der Waals surface area contributed by atoms with Crippen LogP contribution in [0.3, 0.4) is 0 Å². The average molecular weight is 1680 g/mol. The number of nitrogens with zero attached hydrogens (tertiary/aromatic N) is 10. The van der Waals surface area contributed by atoms with E-state index >= 15 is 0 Å². The highest BCUT2D eigenvalue weighted by molar-refractivity contribution is 7.26. The summed E-state index contributed by atoms with van der Waals surface area (Å²) in [5.41, 5.74) is 21.3. The largest absolute Gasteiger partial charge is 0.456 e. The van der Waals surface area contributed by atoms with Crippen LogP contribution in [0.5, 0.6) is 0 Å². The van der Waals surface area contributed by atoms with Gasteiger partial charge in [0, 0.05) is 97.3 Å². The first-order chi connectivity index (χ1) is 64.4. The Balaban J connectivity index is 0.000000134. The summed E-state index contributed by atoms with van der Waals surface area (Å²) in [5.74, 6) is 3.65. The molecule has 0 aliphatic rings. The number of para-hydroxylation sites is 5. The highest BCUT2D eigenvalue weighted by Crippen LogP contribution is 2.46. The van der Waals surface area contributed by atoms with Gasteiger partial charge in [0.15, 0.2) is 23.3 Å². The molecule has 0 radical (unpaired) electrons. The van der Waals surface area contributed by atoms with E-state index in [1.165, 1.54) is 80.0 Å². The molecule has 0 aliphatic carbocycles. The third-order valence-corrected chi connectivity index (χ3v) is 27.5. The Morgan fingerprint density at radius 1 is 0.185 bits per heavy atom. The van der Waals surface area contributed by atoms with Crippen LogP contribution in [0, 0.1) is 0 Å². The molecule has 0 fully saturated rings. The van der Waals surface area contributed by atoms with Crippen molar-refractivity contribution in [1.29, 1.82) is 0 Å². The molecular formula is C118H70N10OS. The molecule has 130 heavy (non-hydrogen) atoms. The van der Waals surface area contributed by atoms with Crippen LogP contribution in [0.4, 0.5) is 0 Å². The zero-order chi connectivity index (χ0) is 85.2. The van der Waals surface area contributed by atoms with Crippen LogP contribution in [0.25, 0.3) is 264 Å². The van der Waals surface area contributed by atoms with E-state index in [9.17, 15) is 0 Å². The van der Waals surface area contributed by atoms with Crippen LogP contribution < -0.4 is 0 Å². The summed E-state index contributed by atoms with van der Waals surface area (Å²) in [6, 6.07) is 152. The number of benzene rings is 20. The van der Waals surface area contributed by atoms with E-state index < -0.39 is 0 Å². The average Bonchev–Trinajstić information content (AvgIpc) is 1.57. The summed E-state index contributed by atoms with van der Waals surface area (Å²) in [4.78, 5) is 31.4. The summed E-state index contributed by atoms with van der Waals surface area (Å²) in [7, 11) is 0. The Labute approximate surface area is 746 Å². The number of hydrogen-bond donors (Lipinski definition) is 0. The second-order valence-corrected chi connectivity index (χ2v) is 34.7. The van der Waals surface area contributed by atoms with Gasteiger partial charge in [0.1, 0.15) is 11.2 Å². The van der Waals surface area contributed by atoms with Gasteiger partial charge in [-0.1, -0.05) is 291 Å². The molecule has 0 aliphatic heterocycles. The molecule has 0 unspecified atom stereocenters. The van der Waals surface area contributed by atoms with Crippen LogP contribution in [0.1, 0.15) is 0 Å². The summed E-state index contributed by atoms with van der Waals surface area (Å²) in [6.45, 7) is 0. The van der Waals surface area contributed by atoms with Crippen molar-refractivity contribution in [3.63, 3.8) is 0 Å². The van der Waals surface area contributed by atoms with Crippen molar-refractivity contribution in [1.82, 2.24) is 48.2 Å². The third-order valence-electron chi connectivity index (χ3n) is 26.3. The minimum atomic E-state index is 0.570. The zero-order valence-electron chi connectivity index (χ0n) is 69.7. The minimum Gasteiger partial charge on any atom is -0.456 e. The van der Waals surface area contributed by atoms with Crippen LogP contribution in [0.15, 0.2) is 429 Å². The predicted octanol–water partition coefficient (Wildman–Crippen LogP) is 31.0. The van der Waals surface area contributed by atoms with Gasteiger partial charge in [-0.05, 0) is 199 Å². The first kappa shape index (κ1) is 73.1. The third kappa shape index (κ3) is 11.8. The number of aromatic nitrogens is 10. The SMILES string of the molecule is c1ccc2cc(-c3nc(-c4ccc5ccccc5c4)nc(-n4c5ccccc5c5cc(-c6ccc7c(c6)c6ccccc6n7-c6ccc7oc8ccccc8c7c6)ccc54)n3)ccc2c1.c1ccc2cc(-c3nc(-c4ccc5ccccc5c4)nc(-n4c5ccccc5c5cc(-c6ccc7c(c6)c6ccccc6n7-c6cccc7c6sc6ccccc67)ccc54)n3)ccc2c1. The van der Waals surface area contributed by atoms with Crippen molar-refractivity contribution in [3.8, 4) is 91.1 Å². The molecule has 28 rings (SSSR count). The van der Waals surface area contributed by atoms with E-state index in [0.29, 0.717) is 35.2 Å². The Kier molecular flexibility index (Phi) is 16.4.